The summed E-state index contributed by atoms with van der Waals surface area (Å²) in [6.07, 6.45) is 2.75. The van der Waals surface area contributed by atoms with Crippen LogP contribution in [0, 0.1) is 0 Å². The van der Waals surface area contributed by atoms with Gasteiger partial charge in [0.1, 0.15) is 5.69 Å². The van der Waals surface area contributed by atoms with Gasteiger partial charge in [-0.05, 0) is 36.4 Å². The number of amides is 2. The van der Waals surface area contributed by atoms with Crippen LogP contribution in [0.15, 0.2) is 77.9 Å². The van der Waals surface area contributed by atoms with Gasteiger partial charge < -0.3 is 15.1 Å². The van der Waals surface area contributed by atoms with Crippen molar-refractivity contribution in [2.24, 2.45) is 0 Å². The largest absolute Gasteiger partial charge is 0.368 e. The average Bonchev–Trinajstić information content (AvgIpc) is 2.90. The number of anilines is 2. The van der Waals surface area contributed by atoms with Crippen LogP contribution in [0.1, 0.15) is 20.7 Å². The third kappa shape index (κ3) is 4.53. The van der Waals surface area contributed by atoms with E-state index in [2.05, 4.69) is 27.3 Å². The number of carbonyl (C=O) groups excluding carboxylic acids is 2. The summed E-state index contributed by atoms with van der Waals surface area (Å²) in [6.45, 7) is 2.50. The second-order valence-electron chi connectivity index (χ2n) is 8.26. The molecule has 182 valence electrons. The number of aromatic nitrogens is 2. The molecule has 0 spiro atoms. The highest BCUT2D eigenvalue weighted by Gasteiger charge is 2.25. The number of halogens is 2. The minimum absolute atomic E-state index is 0.0592. The minimum Gasteiger partial charge on any atom is -0.368 e. The van der Waals surface area contributed by atoms with E-state index >= 15 is 0 Å². The van der Waals surface area contributed by atoms with Crippen molar-refractivity contribution in [3.8, 4) is 0 Å². The molecule has 4 aromatic rings. The van der Waals surface area contributed by atoms with Gasteiger partial charge in [-0.3, -0.25) is 18.8 Å². The van der Waals surface area contributed by atoms with Crippen molar-refractivity contribution in [2.45, 2.75) is 0 Å². The molecule has 2 amide bonds. The van der Waals surface area contributed by atoms with Crippen molar-refractivity contribution in [3.05, 3.63) is 105 Å². The third-order valence-corrected chi connectivity index (χ3v) is 6.72. The maximum Gasteiger partial charge on any atom is 0.281 e. The first-order valence-corrected chi connectivity index (χ1v) is 12.0. The van der Waals surface area contributed by atoms with Crippen LogP contribution in [-0.2, 0) is 0 Å². The van der Waals surface area contributed by atoms with E-state index in [4.69, 9.17) is 23.2 Å². The van der Waals surface area contributed by atoms with Crippen molar-refractivity contribution in [1.82, 2.24) is 14.3 Å². The summed E-state index contributed by atoms with van der Waals surface area (Å²) in [4.78, 5) is 47.5. The number of hydrogen-bond donors (Lipinski definition) is 1. The molecule has 2 aromatic heterocycles. The van der Waals surface area contributed by atoms with Crippen molar-refractivity contribution < 1.29 is 9.59 Å². The molecule has 0 atom stereocenters. The molecule has 1 N–H and O–H groups in total. The van der Waals surface area contributed by atoms with Gasteiger partial charge in [-0.15, -0.1) is 0 Å². The predicted molar refractivity (Wildman–Crippen MR) is 140 cm³/mol. The van der Waals surface area contributed by atoms with Gasteiger partial charge >= 0.3 is 0 Å². The summed E-state index contributed by atoms with van der Waals surface area (Å²) in [5.74, 6) is -0.833. The molecule has 36 heavy (non-hydrogen) atoms. The Morgan fingerprint density at radius 2 is 1.56 bits per heavy atom. The van der Waals surface area contributed by atoms with Crippen LogP contribution in [0.2, 0.25) is 10.0 Å². The number of fused-ring (bicyclic) bond motifs is 1. The van der Waals surface area contributed by atoms with Gasteiger partial charge in [0.25, 0.3) is 17.4 Å². The summed E-state index contributed by atoms with van der Waals surface area (Å²) in [6, 6.07) is 18.0. The Kier molecular flexibility index (Phi) is 6.63. The lowest BCUT2D eigenvalue weighted by Gasteiger charge is -2.36. The Morgan fingerprint density at radius 3 is 2.25 bits per heavy atom. The molecule has 0 radical (unpaired) electrons. The van der Waals surface area contributed by atoms with Crippen molar-refractivity contribution in [2.75, 3.05) is 36.4 Å². The van der Waals surface area contributed by atoms with Crippen molar-refractivity contribution in [1.29, 1.82) is 0 Å². The second kappa shape index (κ2) is 10.0. The van der Waals surface area contributed by atoms with Crippen LogP contribution in [0.3, 0.4) is 0 Å². The Morgan fingerprint density at radius 1 is 0.861 bits per heavy atom. The second-order valence-corrected chi connectivity index (χ2v) is 9.07. The highest BCUT2D eigenvalue weighted by atomic mass is 35.5. The van der Waals surface area contributed by atoms with E-state index in [1.165, 1.54) is 28.9 Å². The van der Waals surface area contributed by atoms with E-state index in [1.807, 2.05) is 18.2 Å². The molecule has 5 rings (SSSR count). The molecule has 8 nitrogen and oxygen atoms in total. The summed E-state index contributed by atoms with van der Waals surface area (Å²) < 4.78 is 1.25. The maximum absolute atomic E-state index is 13.3. The number of pyridine rings is 1. The molecule has 3 heterocycles. The van der Waals surface area contributed by atoms with Crippen LogP contribution in [0.5, 0.6) is 0 Å². The first-order chi connectivity index (χ1) is 17.4. The molecular formula is C26H21Cl2N5O3. The summed E-state index contributed by atoms with van der Waals surface area (Å²) in [7, 11) is 0. The highest BCUT2D eigenvalue weighted by Crippen LogP contribution is 2.25. The smallest absolute Gasteiger partial charge is 0.281 e. The molecule has 1 saturated heterocycles. The number of carbonyl (C=O) groups is 2. The molecule has 1 fully saturated rings. The van der Waals surface area contributed by atoms with E-state index in [9.17, 15) is 14.4 Å². The molecule has 1 aliphatic rings. The van der Waals surface area contributed by atoms with E-state index in [1.54, 1.807) is 23.1 Å². The quantitative estimate of drug-likeness (QED) is 0.434. The SMILES string of the molecule is O=C(Nc1cnc2c(C(=O)N3CCN(c4ccccc4)CC3)cccn2c1=O)c1c(Cl)cccc1Cl. The van der Waals surface area contributed by atoms with Gasteiger partial charge in [0.15, 0.2) is 5.65 Å². The number of nitrogens with one attached hydrogen (secondary N) is 1. The Bertz CT molecular complexity index is 1500. The monoisotopic (exact) mass is 521 g/mol. The van der Waals surface area contributed by atoms with E-state index in [0.29, 0.717) is 31.7 Å². The third-order valence-electron chi connectivity index (χ3n) is 6.09. The lowest BCUT2D eigenvalue weighted by molar-refractivity contribution is 0.0748. The number of rotatable bonds is 4. The van der Waals surface area contributed by atoms with Gasteiger partial charge in [-0.2, -0.15) is 0 Å². The first kappa shape index (κ1) is 23.8. The minimum atomic E-state index is -0.632. The summed E-state index contributed by atoms with van der Waals surface area (Å²) >= 11 is 12.2. The summed E-state index contributed by atoms with van der Waals surface area (Å²) in [5.41, 5.74) is 1.12. The number of benzene rings is 2. The number of piperazine rings is 1. The van der Waals surface area contributed by atoms with Crippen LogP contribution < -0.4 is 15.8 Å². The highest BCUT2D eigenvalue weighted by molar-refractivity contribution is 6.40. The Balaban J connectivity index is 1.37. The van der Waals surface area contributed by atoms with Crippen molar-refractivity contribution in [3.63, 3.8) is 0 Å². The van der Waals surface area contributed by atoms with E-state index in [0.717, 1.165) is 5.69 Å². The van der Waals surface area contributed by atoms with Crippen LogP contribution in [0.25, 0.3) is 5.65 Å². The maximum atomic E-state index is 13.3. The van der Waals surface area contributed by atoms with Gasteiger partial charge in [0.2, 0.25) is 0 Å². The van der Waals surface area contributed by atoms with Gasteiger partial charge in [0.05, 0.1) is 27.4 Å². The van der Waals surface area contributed by atoms with E-state index < -0.39 is 11.5 Å². The van der Waals surface area contributed by atoms with Crippen LogP contribution in [0.4, 0.5) is 11.4 Å². The predicted octanol–water partition coefficient (Wildman–Crippen LogP) is 4.22. The number of nitrogens with zero attached hydrogens (tertiary/aromatic N) is 4. The van der Waals surface area contributed by atoms with E-state index in [-0.39, 0.29) is 32.9 Å². The normalized spacial score (nSPS) is 13.6. The average molecular weight is 522 g/mol. The standard InChI is InChI=1S/C26H21Cl2N5O3/c27-19-9-4-10-20(28)22(19)24(34)30-21-16-29-23-18(8-5-11-33(23)26(21)36)25(35)32-14-12-31(13-15-32)17-6-2-1-3-7-17/h1-11,16H,12-15H2,(H,30,34). The Labute approximate surface area is 216 Å². The zero-order valence-electron chi connectivity index (χ0n) is 19.0. The lowest BCUT2D eigenvalue weighted by Crippen LogP contribution is -2.49. The first-order valence-electron chi connectivity index (χ1n) is 11.3. The fourth-order valence-electron chi connectivity index (χ4n) is 4.24. The van der Waals surface area contributed by atoms with Crippen LogP contribution >= 0.6 is 23.2 Å². The van der Waals surface area contributed by atoms with Crippen LogP contribution in [-0.4, -0.2) is 52.3 Å². The zero-order valence-corrected chi connectivity index (χ0v) is 20.5. The van der Waals surface area contributed by atoms with Crippen molar-refractivity contribution >= 4 is 52.0 Å². The fourth-order valence-corrected chi connectivity index (χ4v) is 4.80. The zero-order chi connectivity index (χ0) is 25.2. The fraction of sp³-hybridized carbons (Fsp3) is 0.154. The lowest BCUT2D eigenvalue weighted by atomic mass is 10.2. The molecule has 0 unspecified atom stereocenters. The van der Waals surface area contributed by atoms with Gasteiger partial charge in [-0.1, -0.05) is 47.5 Å². The number of hydrogen-bond acceptors (Lipinski definition) is 5. The molecule has 10 heteroatoms. The Hall–Kier alpha value is -3.88. The molecular weight excluding hydrogens is 501 g/mol. The number of para-hydroxylation sites is 1. The molecule has 0 bridgehead atoms. The molecule has 1 aliphatic heterocycles. The van der Waals surface area contributed by atoms with Gasteiger partial charge in [0, 0.05) is 38.1 Å². The molecule has 0 saturated carbocycles. The molecule has 2 aromatic carbocycles. The van der Waals surface area contributed by atoms with Gasteiger partial charge in [-0.25, -0.2) is 4.98 Å². The molecule has 0 aliphatic carbocycles. The topological polar surface area (TPSA) is 87.0 Å². The summed E-state index contributed by atoms with van der Waals surface area (Å²) in [5, 5.41) is 2.85.